The zero-order valence-corrected chi connectivity index (χ0v) is 20.9. The maximum absolute atomic E-state index is 13.1. The van der Waals surface area contributed by atoms with E-state index in [4.69, 9.17) is 33.5 Å². The lowest BCUT2D eigenvalue weighted by molar-refractivity contribution is -0.246. The number of aliphatic hydroxyl groups excluding tert-OH is 1. The van der Waals surface area contributed by atoms with Gasteiger partial charge < -0.3 is 25.1 Å². The van der Waals surface area contributed by atoms with Crippen molar-refractivity contribution in [3.8, 4) is 5.75 Å². The Kier molecular flexibility index (Phi) is 6.00. The Morgan fingerprint density at radius 1 is 1.27 bits per heavy atom. The third kappa shape index (κ3) is 4.30. The molecule has 2 aliphatic heterocycles. The van der Waals surface area contributed by atoms with Gasteiger partial charge in [-0.2, -0.15) is 0 Å². The van der Waals surface area contributed by atoms with Crippen molar-refractivity contribution >= 4 is 51.7 Å². The molecule has 2 saturated heterocycles. The van der Waals surface area contributed by atoms with E-state index in [0.717, 1.165) is 6.07 Å². The number of phosphoric acid groups is 1. The van der Waals surface area contributed by atoms with Gasteiger partial charge in [0.15, 0.2) is 17.7 Å². The van der Waals surface area contributed by atoms with Crippen LogP contribution < -0.4 is 11.4 Å². The zero-order valence-electron chi connectivity index (χ0n) is 18.5. The maximum atomic E-state index is 13.1. The molecule has 0 bridgehead atoms. The molecule has 0 saturated carbocycles. The number of phenols is 1. The van der Waals surface area contributed by atoms with E-state index in [1.165, 1.54) is 29.4 Å². The smallest absolute Gasteiger partial charge is 0.502 e. The summed E-state index contributed by atoms with van der Waals surface area (Å²) >= 11 is 3.19. The second kappa shape index (κ2) is 9.11. The van der Waals surface area contributed by atoms with Crippen LogP contribution in [0.2, 0.25) is 0 Å². The van der Waals surface area contributed by atoms with Crippen LogP contribution in [0.25, 0.3) is 22.1 Å². The van der Waals surface area contributed by atoms with Crippen LogP contribution in [0.5, 0.6) is 5.75 Å². The van der Waals surface area contributed by atoms with Crippen molar-refractivity contribution in [2.45, 2.75) is 31.1 Å². The predicted octanol–water partition coefficient (Wildman–Crippen LogP) is 1.91. The van der Waals surface area contributed by atoms with Crippen molar-refractivity contribution in [2.75, 3.05) is 12.3 Å². The fourth-order valence-corrected chi connectivity index (χ4v) is 5.72. The minimum Gasteiger partial charge on any atom is -0.507 e. The minimum atomic E-state index is -4.29. The van der Waals surface area contributed by atoms with Crippen molar-refractivity contribution < 1.29 is 42.5 Å². The molecule has 6 rings (SSSR count). The summed E-state index contributed by atoms with van der Waals surface area (Å²) in [5.41, 5.74) is 6.23. The Bertz CT molecular complexity index is 1630. The summed E-state index contributed by atoms with van der Waals surface area (Å²) in [5.74, 6) is 0.0413. The molecule has 5 heterocycles. The highest BCUT2D eigenvalue weighted by Crippen LogP contribution is 2.57. The van der Waals surface area contributed by atoms with Crippen molar-refractivity contribution in [3.05, 3.63) is 51.3 Å². The van der Waals surface area contributed by atoms with Crippen molar-refractivity contribution in [1.82, 2.24) is 19.5 Å². The molecule has 0 spiro atoms. The molecule has 194 valence electrons. The van der Waals surface area contributed by atoms with E-state index in [-0.39, 0.29) is 30.4 Å². The topological polar surface area (TPSA) is 204 Å². The molecule has 4 N–H and O–H groups in total. The lowest BCUT2D eigenvalue weighted by Gasteiger charge is -2.29. The van der Waals surface area contributed by atoms with E-state index in [0.29, 0.717) is 26.6 Å². The van der Waals surface area contributed by atoms with Crippen molar-refractivity contribution in [2.24, 2.45) is 0 Å². The molecule has 15 nitrogen and oxygen atoms in total. The van der Waals surface area contributed by atoms with Gasteiger partial charge in [0.05, 0.1) is 17.4 Å². The first-order valence-corrected chi connectivity index (χ1v) is 12.9. The number of imidazole rings is 1. The lowest BCUT2D eigenvalue weighted by atomic mass is 10.1. The number of anilines is 1. The minimum absolute atomic E-state index is 0.114. The van der Waals surface area contributed by atoms with Gasteiger partial charge in [-0.25, -0.2) is 29.2 Å². The molecule has 2 fully saturated rings. The van der Waals surface area contributed by atoms with E-state index in [9.17, 15) is 19.6 Å². The molecule has 1 aromatic carbocycles. The SMILES string of the molecule is Nc1ncnc2c1ncn2[C@@H]1O[C@@H]2COP(=O)(OOCc3cc(=O)oc4cc(O)c(Br)cc34)O[C@H]2[C@H]1O. The Balaban J connectivity index is 1.16. The summed E-state index contributed by atoms with van der Waals surface area (Å²) in [5, 5.41) is 21.2. The predicted molar refractivity (Wildman–Crippen MR) is 126 cm³/mol. The second-order valence-electron chi connectivity index (χ2n) is 8.18. The number of aromatic hydroxyl groups is 1. The summed E-state index contributed by atoms with van der Waals surface area (Å²) in [4.78, 5) is 29.2. The van der Waals surface area contributed by atoms with E-state index < -0.39 is 38.0 Å². The van der Waals surface area contributed by atoms with Gasteiger partial charge in [-0.05, 0) is 27.6 Å². The highest BCUT2D eigenvalue weighted by Gasteiger charge is 2.54. The van der Waals surface area contributed by atoms with E-state index in [1.807, 2.05) is 0 Å². The van der Waals surface area contributed by atoms with Crippen molar-refractivity contribution in [1.29, 1.82) is 0 Å². The van der Waals surface area contributed by atoms with Crippen LogP contribution in [0.3, 0.4) is 0 Å². The Hall–Kier alpha value is -2.95. The molecule has 37 heavy (non-hydrogen) atoms. The van der Waals surface area contributed by atoms with Gasteiger partial charge in [-0.15, -0.1) is 4.67 Å². The number of phenolic OH excluding ortho intramolecular Hbond substituents is 1. The van der Waals surface area contributed by atoms with Crippen LogP contribution in [0.15, 0.2) is 44.5 Å². The average Bonchev–Trinajstić information content (AvgIpc) is 3.42. The van der Waals surface area contributed by atoms with Gasteiger partial charge in [0.2, 0.25) is 0 Å². The van der Waals surface area contributed by atoms with Crippen molar-refractivity contribution in [3.63, 3.8) is 0 Å². The average molecular weight is 598 g/mol. The van der Waals surface area contributed by atoms with E-state index in [2.05, 4.69) is 30.9 Å². The summed E-state index contributed by atoms with van der Waals surface area (Å²) in [6.07, 6.45) is -1.52. The van der Waals surface area contributed by atoms with Gasteiger partial charge in [0.25, 0.3) is 0 Å². The molecular formula is C20H17BrN5O10P. The van der Waals surface area contributed by atoms with Gasteiger partial charge >= 0.3 is 13.4 Å². The molecule has 5 atom stereocenters. The number of hydrogen-bond acceptors (Lipinski definition) is 14. The van der Waals surface area contributed by atoms with Crippen LogP contribution in [0.4, 0.5) is 5.82 Å². The van der Waals surface area contributed by atoms with Crippen LogP contribution in [0.1, 0.15) is 11.8 Å². The normalized spacial score (nSPS) is 27.6. The molecule has 17 heteroatoms. The number of benzene rings is 1. The monoisotopic (exact) mass is 597 g/mol. The Labute approximate surface area is 214 Å². The quantitative estimate of drug-likeness (QED) is 0.130. The molecule has 4 aromatic rings. The Morgan fingerprint density at radius 2 is 2.11 bits per heavy atom. The molecule has 0 aliphatic carbocycles. The molecule has 2 aliphatic rings. The van der Waals surface area contributed by atoms with Crippen LogP contribution >= 0.6 is 23.8 Å². The van der Waals surface area contributed by atoms with E-state index in [1.54, 1.807) is 0 Å². The van der Waals surface area contributed by atoms with Gasteiger partial charge in [0, 0.05) is 17.5 Å². The van der Waals surface area contributed by atoms with Gasteiger partial charge in [0.1, 0.15) is 48.1 Å². The number of rotatable bonds is 5. The standard InChI is InChI=1S/C20H17BrN5O10P/c21-10-2-9-8(1-14(28)33-12(9)3-11(10)27)4-31-36-37(30)32-5-13-17(35-37)16(29)20(34-13)26-7-25-15-18(22)23-6-24-19(15)26/h1-3,6-7,13,16-17,20,27,29H,4-5H2,(H2,22,23,24)/t13-,16-,17-,20-,37?/m1/s1. The van der Waals surface area contributed by atoms with Crippen LogP contribution in [-0.2, 0) is 34.5 Å². The molecule has 3 aromatic heterocycles. The third-order valence-corrected chi connectivity index (χ3v) is 7.76. The number of aromatic nitrogens is 4. The summed E-state index contributed by atoms with van der Waals surface area (Å²) in [7, 11) is -4.29. The number of nitrogens with zero attached hydrogens (tertiary/aromatic N) is 4. The fraction of sp³-hybridized carbons (Fsp3) is 0.300. The molecule has 1 unspecified atom stereocenters. The first-order valence-electron chi connectivity index (χ1n) is 10.7. The molecular weight excluding hydrogens is 581 g/mol. The maximum Gasteiger partial charge on any atom is 0.502 e. The largest absolute Gasteiger partial charge is 0.507 e. The van der Waals surface area contributed by atoms with Crippen LogP contribution in [-0.4, -0.2) is 54.7 Å². The molecule has 0 radical (unpaired) electrons. The number of nitrogen functional groups attached to an aromatic ring is 1. The first kappa shape index (κ1) is 24.4. The lowest BCUT2D eigenvalue weighted by Crippen LogP contribution is -2.39. The highest BCUT2D eigenvalue weighted by molar-refractivity contribution is 9.10. The highest BCUT2D eigenvalue weighted by atomic mass is 79.9. The number of aliphatic hydroxyl groups is 1. The number of fused-ring (bicyclic) bond motifs is 3. The number of nitrogens with two attached hydrogens (primary N) is 1. The van der Waals surface area contributed by atoms with Crippen LogP contribution in [0, 0.1) is 0 Å². The first-order chi connectivity index (χ1) is 17.7. The van der Waals surface area contributed by atoms with E-state index >= 15 is 0 Å². The summed E-state index contributed by atoms with van der Waals surface area (Å²) in [6.45, 7) is -0.569. The number of halogens is 1. The molecule has 0 amide bonds. The summed E-state index contributed by atoms with van der Waals surface area (Å²) in [6, 6.07) is 3.95. The fourth-order valence-electron chi connectivity index (χ4n) is 4.16. The van der Waals surface area contributed by atoms with Gasteiger partial charge in [-0.3, -0.25) is 13.6 Å². The Morgan fingerprint density at radius 3 is 2.95 bits per heavy atom. The number of phosphoric ester groups is 1. The third-order valence-electron chi connectivity index (χ3n) is 5.87. The number of hydrogen-bond donors (Lipinski definition) is 3. The zero-order chi connectivity index (χ0) is 25.9. The van der Waals surface area contributed by atoms with Gasteiger partial charge in [-0.1, -0.05) is 0 Å². The summed E-state index contributed by atoms with van der Waals surface area (Å²) < 4.78 is 41.5. The second-order valence-corrected chi connectivity index (χ2v) is 10.5. The number of ether oxygens (including phenoxy) is 1.